The van der Waals surface area contributed by atoms with Crippen LogP contribution in [-0.2, 0) is 16.7 Å². The number of Topliss-reactive ketones (excluding diaryl/α,β-unsaturated/α-hetero) is 1. The third-order valence-electron chi connectivity index (χ3n) is 5.26. The maximum absolute atomic E-state index is 14.6. The summed E-state index contributed by atoms with van der Waals surface area (Å²) in [6.45, 7) is 0. The van der Waals surface area contributed by atoms with E-state index in [2.05, 4.69) is 9.98 Å². The monoisotopic (exact) mass is 418 g/mol. The van der Waals surface area contributed by atoms with Crippen molar-refractivity contribution < 1.29 is 27.1 Å². The second-order valence-corrected chi connectivity index (χ2v) is 7.16. The normalized spacial score (nSPS) is 24.5. The Kier molecular flexibility index (Phi) is 4.68. The lowest BCUT2D eigenvalue weighted by atomic mass is 9.83. The lowest BCUT2D eigenvalue weighted by Crippen LogP contribution is -2.43. The molecule has 0 amide bonds. The first-order chi connectivity index (χ1) is 14.3. The Morgan fingerprint density at radius 3 is 2.77 bits per heavy atom. The van der Waals surface area contributed by atoms with Crippen LogP contribution in [0.4, 0.5) is 17.6 Å². The van der Waals surface area contributed by atoms with E-state index in [4.69, 9.17) is 15.7 Å². The molecule has 2 heterocycles. The van der Waals surface area contributed by atoms with Gasteiger partial charge in [0.2, 0.25) is 0 Å². The largest absolute Gasteiger partial charge is 0.462 e. The number of nitriles is 1. The smallest absolute Gasteiger partial charge is 0.283 e. The number of amidine groups is 1. The fourth-order valence-corrected chi connectivity index (χ4v) is 3.74. The van der Waals surface area contributed by atoms with Gasteiger partial charge in [0.15, 0.2) is 23.0 Å². The number of ketones is 1. The Morgan fingerprint density at radius 2 is 2.13 bits per heavy atom. The van der Waals surface area contributed by atoms with Crippen molar-refractivity contribution in [2.45, 2.75) is 30.9 Å². The molecule has 1 aliphatic carbocycles. The van der Waals surface area contributed by atoms with E-state index in [1.165, 1.54) is 18.3 Å². The fourth-order valence-electron chi connectivity index (χ4n) is 3.74. The number of alkyl halides is 2. The zero-order valence-electron chi connectivity index (χ0n) is 15.3. The van der Waals surface area contributed by atoms with Crippen molar-refractivity contribution >= 4 is 11.8 Å². The van der Waals surface area contributed by atoms with Gasteiger partial charge in [-0.25, -0.2) is 22.6 Å². The number of aromatic nitrogens is 1. The highest BCUT2D eigenvalue weighted by Crippen LogP contribution is 2.56. The molecule has 30 heavy (non-hydrogen) atoms. The van der Waals surface area contributed by atoms with Crippen molar-refractivity contribution in [3.63, 3.8) is 0 Å². The van der Waals surface area contributed by atoms with Crippen molar-refractivity contribution in [3.05, 3.63) is 64.5 Å². The summed E-state index contributed by atoms with van der Waals surface area (Å²) in [6.07, 6.45) is -2.86. The Morgan fingerprint density at radius 1 is 1.37 bits per heavy atom. The molecule has 0 saturated heterocycles. The van der Waals surface area contributed by atoms with Crippen LogP contribution >= 0.6 is 0 Å². The van der Waals surface area contributed by atoms with Crippen LogP contribution in [0.25, 0.3) is 0 Å². The van der Waals surface area contributed by atoms with Gasteiger partial charge in [-0.1, -0.05) is 0 Å². The van der Waals surface area contributed by atoms with Gasteiger partial charge in [0.05, 0.1) is 5.56 Å². The quantitative estimate of drug-likeness (QED) is 0.594. The number of fused-ring (bicyclic) bond motifs is 1. The number of rotatable bonds is 5. The molecular weight excluding hydrogens is 404 g/mol. The van der Waals surface area contributed by atoms with Gasteiger partial charge in [-0.05, 0) is 36.2 Å². The van der Waals surface area contributed by atoms with E-state index < -0.39 is 59.4 Å². The van der Waals surface area contributed by atoms with Gasteiger partial charge in [-0.15, -0.1) is 0 Å². The molecule has 6 nitrogen and oxygen atoms in total. The molecule has 0 unspecified atom stereocenters. The Bertz CT molecular complexity index is 1100. The average molecular weight is 418 g/mol. The van der Waals surface area contributed by atoms with Gasteiger partial charge in [-0.3, -0.25) is 9.78 Å². The molecule has 0 bridgehead atoms. The topological polar surface area (TPSA) is 101 Å². The van der Waals surface area contributed by atoms with E-state index in [-0.39, 0.29) is 23.2 Å². The third-order valence-corrected chi connectivity index (χ3v) is 5.26. The molecule has 2 aliphatic rings. The average Bonchev–Trinajstić information content (AvgIpc) is 3.49. The summed E-state index contributed by atoms with van der Waals surface area (Å²) < 4.78 is 62.4. The van der Waals surface area contributed by atoms with Gasteiger partial charge in [0, 0.05) is 24.1 Å². The third kappa shape index (κ3) is 3.16. The van der Waals surface area contributed by atoms with Crippen molar-refractivity contribution in [1.29, 1.82) is 5.26 Å². The summed E-state index contributed by atoms with van der Waals surface area (Å²) in [5.74, 6) is -4.25. The summed E-state index contributed by atoms with van der Waals surface area (Å²) in [5, 5.41) is 8.78. The summed E-state index contributed by atoms with van der Waals surface area (Å²) in [7, 11) is 0. The fraction of sp³-hybridized carbons (Fsp3) is 0.300. The second-order valence-electron chi connectivity index (χ2n) is 7.16. The van der Waals surface area contributed by atoms with Crippen molar-refractivity contribution in [3.8, 4) is 6.07 Å². The minimum absolute atomic E-state index is 0.000514. The zero-order valence-corrected chi connectivity index (χ0v) is 15.3. The predicted molar refractivity (Wildman–Crippen MR) is 95.6 cm³/mol. The van der Waals surface area contributed by atoms with E-state index in [1.54, 1.807) is 0 Å². The van der Waals surface area contributed by atoms with Crippen LogP contribution in [0.2, 0.25) is 0 Å². The number of hydrogen-bond donors (Lipinski definition) is 1. The molecule has 1 aliphatic heterocycles. The molecule has 154 valence electrons. The lowest BCUT2D eigenvalue weighted by Gasteiger charge is -2.33. The lowest BCUT2D eigenvalue weighted by molar-refractivity contribution is 0.0172. The van der Waals surface area contributed by atoms with Gasteiger partial charge in [0.1, 0.15) is 17.9 Å². The first-order valence-corrected chi connectivity index (χ1v) is 8.94. The van der Waals surface area contributed by atoms with Crippen LogP contribution in [0, 0.1) is 28.9 Å². The van der Waals surface area contributed by atoms with Crippen LogP contribution in [0.5, 0.6) is 0 Å². The Labute approximate surface area is 168 Å². The number of aliphatic imine (C=N–C) groups is 1. The number of carbonyl (C=O) groups excluding carboxylic acids is 1. The number of hydrogen-bond acceptors (Lipinski definition) is 6. The minimum atomic E-state index is -3.17. The first-order valence-electron chi connectivity index (χ1n) is 8.94. The molecule has 1 saturated carbocycles. The number of benzene rings is 1. The molecule has 1 aromatic carbocycles. The molecule has 0 spiro atoms. The molecule has 1 aromatic heterocycles. The van der Waals surface area contributed by atoms with E-state index in [9.17, 15) is 22.4 Å². The molecular formula is C20H14F4N4O2. The van der Waals surface area contributed by atoms with Crippen LogP contribution in [-0.4, -0.2) is 29.3 Å². The van der Waals surface area contributed by atoms with E-state index in [0.717, 1.165) is 12.1 Å². The second kappa shape index (κ2) is 7.09. The maximum atomic E-state index is 14.6. The Balaban J connectivity index is 1.73. The number of nitrogens with two attached hydrogens (primary N) is 1. The number of ether oxygens (including phenoxy) is 1. The highest BCUT2D eigenvalue weighted by atomic mass is 19.3. The SMILES string of the molecule is N#Cc1ccc(C(=O)Cc2cc(F)c(F)c([C@@]3(C(F)F)N=C(N)O[C@@H]4C[C@@H]43)c2)nc1. The molecule has 2 N–H and O–H groups in total. The van der Waals surface area contributed by atoms with Crippen molar-refractivity contribution in [2.75, 3.05) is 0 Å². The molecule has 0 radical (unpaired) electrons. The number of halogens is 4. The highest BCUT2D eigenvalue weighted by molar-refractivity contribution is 5.95. The summed E-state index contributed by atoms with van der Waals surface area (Å²) in [4.78, 5) is 20.0. The highest BCUT2D eigenvalue weighted by Gasteiger charge is 2.64. The molecule has 2 aromatic rings. The summed E-state index contributed by atoms with van der Waals surface area (Å²) >= 11 is 0. The molecule has 4 rings (SSSR count). The van der Waals surface area contributed by atoms with Gasteiger partial charge < -0.3 is 10.5 Å². The van der Waals surface area contributed by atoms with Gasteiger partial charge in [0.25, 0.3) is 12.4 Å². The molecule has 3 atom stereocenters. The molecule has 1 fully saturated rings. The summed E-state index contributed by atoms with van der Waals surface area (Å²) in [5.41, 5.74) is 2.68. The van der Waals surface area contributed by atoms with Crippen LogP contribution < -0.4 is 5.73 Å². The minimum Gasteiger partial charge on any atom is -0.462 e. The van der Waals surface area contributed by atoms with Crippen molar-refractivity contribution in [2.24, 2.45) is 16.6 Å². The van der Waals surface area contributed by atoms with Crippen LogP contribution in [0.1, 0.15) is 33.6 Å². The predicted octanol–water partition coefficient (Wildman–Crippen LogP) is 2.85. The number of nitrogens with zero attached hydrogens (tertiary/aromatic N) is 3. The standard InChI is InChI=1S/C20H14F4N4O2/c21-13-4-10(5-15(29)14-2-1-9(7-25)8-27-14)3-12(17(13)22)20(18(23)24)11-6-16(11)30-19(26)28-20/h1-4,8,11,16,18H,5-6H2,(H2,26,28)/t11-,16+,20-/m0/s1. The van der Waals surface area contributed by atoms with E-state index in [1.807, 2.05) is 6.07 Å². The summed E-state index contributed by atoms with van der Waals surface area (Å²) in [6, 6.07) is 5.84. The Hall–Kier alpha value is -3.48. The number of pyridine rings is 1. The van der Waals surface area contributed by atoms with E-state index in [0.29, 0.717) is 0 Å². The number of carbonyl (C=O) groups is 1. The van der Waals surface area contributed by atoms with Gasteiger partial charge in [-0.2, -0.15) is 5.26 Å². The maximum Gasteiger partial charge on any atom is 0.283 e. The van der Waals surface area contributed by atoms with E-state index >= 15 is 0 Å². The first kappa shape index (κ1) is 19.8. The molecule has 10 heteroatoms. The van der Waals surface area contributed by atoms with Gasteiger partial charge >= 0.3 is 0 Å². The van der Waals surface area contributed by atoms with Crippen LogP contribution in [0.3, 0.4) is 0 Å². The van der Waals surface area contributed by atoms with Crippen molar-refractivity contribution in [1.82, 2.24) is 4.98 Å². The van der Waals surface area contributed by atoms with Crippen LogP contribution in [0.15, 0.2) is 35.5 Å². The zero-order chi connectivity index (χ0) is 21.6.